The van der Waals surface area contributed by atoms with E-state index in [4.69, 9.17) is 5.73 Å². The Hall–Kier alpha value is -2.69. The molecule has 3 N–H and O–H groups in total. The van der Waals surface area contributed by atoms with E-state index in [9.17, 15) is 0 Å². The third kappa shape index (κ3) is 4.81. The molecule has 0 radical (unpaired) electrons. The fraction of sp³-hybridized carbons (Fsp3) is 0.370. The summed E-state index contributed by atoms with van der Waals surface area (Å²) in [6.45, 7) is 2.15. The number of nitrogens with one attached hydrogen (secondary N) is 1. The van der Waals surface area contributed by atoms with Gasteiger partial charge in [0.1, 0.15) is 5.82 Å². The number of rotatable bonds is 7. The van der Waals surface area contributed by atoms with Gasteiger partial charge in [-0.25, -0.2) is 4.98 Å². The van der Waals surface area contributed by atoms with Crippen LogP contribution in [0.5, 0.6) is 0 Å². The minimum atomic E-state index is 0.564. The highest BCUT2D eigenvalue weighted by atomic mass is 15.2. The Morgan fingerprint density at radius 1 is 0.839 bits per heavy atom. The lowest BCUT2D eigenvalue weighted by Gasteiger charge is -2.39. The van der Waals surface area contributed by atoms with E-state index >= 15 is 0 Å². The third-order valence-electron chi connectivity index (χ3n) is 6.96. The molecule has 2 unspecified atom stereocenters. The summed E-state index contributed by atoms with van der Waals surface area (Å²) in [5, 5.41) is 3.85. The van der Waals surface area contributed by atoms with Crippen LogP contribution in [0, 0.1) is 0 Å². The van der Waals surface area contributed by atoms with E-state index in [0.717, 1.165) is 42.9 Å². The number of pyridine rings is 1. The highest BCUT2D eigenvalue weighted by Crippen LogP contribution is 2.36. The number of benzene rings is 2. The predicted molar refractivity (Wildman–Crippen MR) is 128 cm³/mol. The SMILES string of the molecule is Nc1cccc(-c2ccc(CCNC3CC4CCC(C3)N4Cc3ccccc3)cc2)n1. The lowest BCUT2D eigenvalue weighted by molar-refractivity contribution is 0.109. The van der Waals surface area contributed by atoms with Gasteiger partial charge in [-0.2, -0.15) is 0 Å². The molecule has 2 aliphatic rings. The van der Waals surface area contributed by atoms with E-state index in [1.807, 2.05) is 18.2 Å². The van der Waals surface area contributed by atoms with Gasteiger partial charge in [0, 0.05) is 30.2 Å². The van der Waals surface area contributed by atoms with Crippen LogP contribution >= 0.6 is 0 Å². The molecule has 2 bridgehead atoms. The summed E-state index contributed by atoms with van der Waals surface area (Å²) in [6.07, 6.45) is 6.33. The van der Waals surface area contributed by atoms with Crippen molar-refractivity contribution in [2.45, 2.75) is 56.8 Å². The summed E-state index contributed by atoms with van der Waals surface area (Å²) in [6, 6.07) is 27.6. The largest absolute Gasteiger partial charge is 0.384 e. The van der Waals surface area contributed by atoms with Crippen molar-refractivity contribution in [3.05, 3.63) is 83.9 Å². The predicted octanol–water partition coefficient (Wildman–Crippen LogP) is 4.66. The number of fused-ring (bicyclic) bond motifs is 2. The highest BCUT2D eigenvalue weighted by molar-refractivity contribution is 5.61. The number of nitrogens with zero attached hydrogens (tertiary/aromatic N) is 2. The summed E-state index contributed by atoms with van der Waals surface area (Å²) in [7, 11) is 0. The normalized spacial score (nSPS) is 23.2. The van der Waals surface area contributed by atoms with Crippen molar-refractivity contribution in [3.8, 4) is 11.3 Å². The highest BCUT2D eigenvalue weighted by Gasteiger charge is 2.40. The van der Waals surface area contributed by atoms with E-state index in [0.29, 0.717) is 11.9 Å². The molecule has 2 aromatic carbocycles. The number of hydrogen-bond donors (Lipinski definition) is 2. The van der Waals surface area contributed by atoms with Crippen LogP contribution in [0.15, 0.2) is 72.8 Å². The molecule has 4 nitrogen and oxygen atoms in total. The van der Waals surface area contributed by atoms with Gasteiger partial charge in [0.15, 0.2) is 0 Å². The average Bonchev–Trinajstić information content (AvgIpc) is 3.02. The van der Waals surface area contributed by atoms with E-state index < -0.39 is 0 Å². The molecular formula is C27H32N4. The molecule has 2 fully saturated rings. The smallest absolute Gasteiger partial charge is 0.124 e. The van der Waals surface area contributed by atoms with E-state index in [1.165, 1.54) is 36.8 Å². The monoisotopic (exact) mass is 412 g/mol. The maximum absolute atomic E-state index is 5.81. The molecule has 4 heteroatoms. The van der Waals surface area contributed by atoms with Gasteiger partial charge in [-0.1, -0.05) is 60.7 Å². The minimum absolute atomic E-state index is 0.564. The molecule has 160 valence electrons. The average molecular weight is 413 g/mol. The molecule has 0 amide bonds. The van der Waals surface area contributed by atoms with Crippen LogP contribution in [-0.4, -0.2) is 34.6 Å². The number of hydrogen-bond acceptors (Lipinski definition) is 4. The van der Waals surface area contributed by atoms with Gasteiger partial charge in [-0.3, -0.25) is 4.90 Å². The number of piperidine rings is 1. The second kappa shape index (κ2) is 9.21. The molecule has 2 aliphatic heterocycles. The van der Waals surface area contributed by atoms with Crippen LogP contribution in [-0.2, 0) is 13.0 Å². The third-order valence-corrected chi connectivity index (χ3v) is 6.96. The first-order chi connectivity index (χ1) is 15.2. The zero-order chi connectivity index (χ0) is 21.0. The van der Waals surface area contributed by atoms with Gasteiger partial charge in [0.05, 0.1) is 5.69 Å². The Labute approximate surface area is 185 Å². The molecule has 3 heterocycles. The zero-order valence-electron chi connectivity index (χ0n) is 18.1. The fourth-order valence-corrected chi connectivity index (χ4v) is 5.37. The van der Waals surface area contributed by atoms with Gasteiger partial charge < -0.3 is 11.1 Å². The molecule has 2 atom stereocenters. The van der Waals surface area contributed by atoms with E-state index in [1.54, 1.807) is 0 Å². The Morgan fingerprint density at radius 3 is 2.29 bits per heavy atom. The molecule has 0 saturated carbocycles. The fourth-order valence-electron chi connectivity index (χ4n) is 5.37. The second-order valence-electron chi connectivity index (χ2n) is 9.06. The molecule has 31 heavy (non-hydrogen) atoms. The summed E-state index contributed by atoms with van der Waals surface area (Å²) in [5.74, 6) is 0.564. The number of nitrogen functional groups attached to an aromatic ring is 1. The molecule has 1 aromatic heterocycles. The molecular weight excluding hydrogens is 380 g/mol. The topological polar surface area (TPSA) is 54.2 Å². The van der Waals surface area contributed by atoms with Crippen LogP contribution in [0.3, 0.4) is 0 Å². The first kappa shape index (κ1) is 20.2. The molecule has 3 aromatic rings. The number of anilines is 1. The van der Waals surface area contributed by atoms with Crippen molar-refractivity contribution in [2.24, 2.45) is 0 Å². The summed E-state index contributed by atoms with van der Waals surface area (Å²) in [5.41, 5.74) is 10.7. The van der Waals surface area contributed by atoms with E-state index in [-0.39, 0.29) is 0 Å². The van der Waals surface area contributed by atoms with Crippen LogP contribution in [0.2, 0.25) is 0 Å². The summed E-state index contributed by atoms with van der Waals surface area (Å²) in [4.78, 5) is 7.17. The number of aromatic nitrogens is 1. The van der Waals surface area contributed by atoms with Crippen LogP contribution in [0.25, 0.3) is 11.3 Å². The van der Waals surface area contributed by atoms with Gasteiger partial charge in [-0.15, -0.1) is 0 Å². The quantitative estimate of drug-likeness (QED) is 0.593. The van der Waals surface area contributed by atoms with Gasteiger partial charge in [-0.05, 0) is 61.9 Å². The molecule has 2 saturated heterocycles. The zero-order valence-corrected chi connectivity index (χ0v) is 18.1. The van der Waals surface area contributed by atoms with Crippen molar-refractivity contribution >= 4 is 5.82 Å². The van der Waals surface area contributed by atoms with Crippen molar-refractivity contribution in [1.29, 1.82) is 0 Å². The van der Waals surface area contributed by atoms with E-state index in [2.05, 4.69) is 69.8 Å². The number of nitrogens with two attached hydrogens (primary N) is 1. The van der Waals surface area contributed by atoms with Crippen molar-refractivity contribution in [1.82, 2.24) is 15.2 Å². The van der Waals surface area contributed by atoms with Crippen molar-refractivity contribution in [2.75, 3.05) is 12.3 Å². The Balaban J connectivity index is 1.11. The lowest BCUT2D eigenvalue weighted by atomic mass is 9.96. The Kier molecular flexibility index (Phi) is 6.01. The van der Waals surface area contributed by atoms with Crippen molar-refractivity contribution in [3.63, 3.8) is 0 Å². The lowest BCUT2D eigenvalue weighted by Crippen LogP contribution is -2.48. The minimum Gasteiger partial charge on any atom is -0.384 e. The first-order valence-corrected chi connectivity index (χ1v) is 11.6. The molecule has 5 rings (SSSR count). The summed E-state index contributed by atoms with van der Waals surface area (Å²) < 4.78 is 0. The maximum atomic E-state index is 5.81. The van der Waals surface area contributed by atoms with Gasteiger partial charge in [0.2, 0.25) is 0 Å². The van der Waals surface area contributed by atoms with Gasteiger partial charge in [0.25, 0.3) is 0 Å². The van der Waals surface area contributed by atoms with Crippen LogP contribution < -0.4 is 11.1 Å². The molecule has 0 aliphatic carbocycles. The van der Waals surface area contributed by atoms with Crippen LogP contribution in [0.4, 0.5) is 5.82 Å². The Morgan fingerprint density at radius 2 is 1.58 bits per heavy atom. The van der Waals surface area contributed by atoms with Crippen LogP contribution in [0.1, 0.15) is 36.8 Å². The second-order valence-corrected chi connectivity index (χ2v) is 9.06. The molecule has 0 spiro atoms. The first-order valence-electron chi connectivity index (χ1n) is 11.6. The van der Waals surface area contributed by atoms with Gasteiger partial charge >= 0.3 is 0 Å². The van der Waals surface area contributed by atoms with Crippen molar-refractivity contribution < 1.29 is 0 Å². The Bertz CT molecular complexity index is 972. The standard InChI is InChI=1S/C27H32N4/c28-27-8-4-7-26(30-27)22-11-9-20(10-12-22)15-16-29-23-17-24-13-14-25(18-23)31(24)19-21-5-2-1-3-6-21/h1-12,23-25,29H,13-19H2,(H2,28,30). The summed E-state index contributed by atoms with van der Waals surface area (Å²) >= 11 is 0. The maximum Gasteiger partial charge on any atom is 0.124 e.